The third-order valence-corrected chi connectivity index (χ3v) is 6.02. The third-order valence-electron chi connectivity index (χ3n) is 4.11. The van der Waals surface area contributed by atoms with Gasteiger partial charge in [0, 0.05) is 23.1 Å². The molecule has 21 heavy (non-hydrogen) atoms. The number of rotatable bonds is 5. The summed E-state index contributed by atoms with van der Waals surface area (Å²) in [5, 5.41) is 3.00. The van der Waals surface area contributed by atoms with Gasteiger partial charge in [0.1, 0.15) is 5.01 Å². The lowest BCUT2D eigenvalue weighted by Crippen LogP contribution is -2.20. The van der Waals surface area contributed by atoms with Crippen LogP contribution < -0.4 is 4.87 Å². The molecule has 0 N–H and O–H groups in total. The zero-order chi connectivity index (χ0) is 14.8. The molecule has 4 nitrogen and oxygen atoms in total. The number of ether oxygens (including phenoxy) is 1. The quantitative estimate of drug-likeness (QED) is 0.849. The number of hydrogen-bond donors (Lipinski definition) is 0. The number of thiazole rings is 2. The topological polar surface area (TPSA) is 44.1 Å². The van der Waals surface area contributed by atoms with E-state index in [0.717, 1.165) is 29.5 Å². The fourth-order valence-electron chi connectivity index (χ4n) is 2.90. The van der Waals surface area contributed by atoms with Crippen LogP contribution >= 0.6 is 22.7 Å². The van der Waals surface area contributed by atoms with Gasteiger partial charge in [-0.2, -0.15) is 0 Å². The molecule has 1 aliphatic carbocycles. The largest absolute Gasteiger partial charge is 0.378 e. The summed E-state index contributed by atoms with van der Waals surface area (Å²) in [6.45, 7) is 3.38. The van der Waals surface area contributed by atoms with Crippen LogP contribution in [-0.2, 0) is 30.7 Å². The number of hydrogen-bond acceptors (Lipinski definition) is 5. The summed E-state index contributed by atoms with van der Waals surface area (Å²) < 4.78 is 7.02. The molecule has 0 amide bonds. The van der Waals surface area contributed by atoms with E-state index in [2.05, 4.69) is 11.9 Å². The first-order valence-electron chi connectivity index (χ1n) is 7.34. The summed E-state index contributed by atoms with van der Waals surface area (Å²) in [5.41, 5.74) is 2.21. The summed E-state index contributed by atoms with van der Waals surface area (Å²) in [4.78, 5) is 18.3. The Kier molecular flexibility index (Phi) is 4.57. The molecule has 3 rings (SSSR count). The minimum atomic E-state index is 0.165. The highest BCUT2D eigenvalue weighted by Gasteiger charge is 2.23. The van der Waals surface area contributed by atoms with Crippen LogP contribution in [0.1, 0.15) is 41.0 Å². The summed E-state index contributed by atoms with van der Waals surface area (Å²) >= 11 is 3.03. The molecule has 0 aliphatic heterocycles. The number of aromatic nitrogens is 2. The highest BCUT2D eigenvalue weighted by Crippen LogP contribution is 2.29. The van der Waals surface area contributed by atoms with Crippen LogP contribution in [0.5, 0.6) is 0 Å². The molecule has 0 saturated carbocycles. The van der Waals surface area contributed by atoms with Gasteiger partial charge in [-0.25, -0.2) is 4.98 Å². The third kappa shape index (κ3) is 3.12. The average Bonchev–Trinajstić information content (AvgIpc) is 3.04. The van der Waals surface area contributed by atoms with Crippen LogP contribution in [0.25, 0.3) is 0 Å². The van der Waals surface area contributed by atoms with E-state index in [1.54, 1.807) is 18.4 Å². The number of nitrogens with zero attached hydrogens (tertiary/aromatic N) is 2. The Hall–Kier alpha value is -0.980. The molecule has 0 radical (unpaired) electrons. The molecule has 2 aromatic rings. The van der Waals surface area contributed by atoms with Gasteiger partial charge in [-0.05, 0) is 25.2 Å². The van der Waals surface area contributed by atoms with Crippen molar-refractivity contribution in [3.8, 4) is 0 Å². The molecular formula is C15H20N2O2S2. The van der Waals surface area contributed by atoms with Crippen molar-refractivity contribution < 1.29 is 4.74 Å². The van der Waals surface area contributed by atoms with Crippen LogP contribution in [0, 0.1) is 5.92 Å². The molecule has 0 spiro atoms. The van der Waals surface area contributed by atoms with E-state index in [9.17, 15) is 4.79 Å². The Bertz CT molecular complexity index is 672. The molecule has 0 saturated heterocycles. The standard InChI is InChI=1S/C15H20N2O2S2/c1-3-10-4-5-12-13(6-10)21-15(18)17(12)7-11-9-20-14(16-11)8-19-2/h9-10H,3-8H2,1-2H3. The van der Waals surface area contributed by atoms with Gasteiger partial charge in [0.15, 0.2) is 0 Å². The molecule has 2 aromatic heterocycles. The van der Waals surface area contributed by atoms with Gasteiger partial charge in [0.2, 0.25) is 0 Å². The predicted molar refractivity (Wildman–Crippen MR) is 86.3 cm³/mol. The van der Waals surface area contributed by atoms with Crippen LogP contribution in [-0.4, -0.2) is 16.7 Å². The van der Waals surface area contributed by atoms with Crippen LogP contribution in [0.4, 0.5) is 0 Å². The minimum Gasteiger partial charge on any atom is -0.378 e. The van der Waals surface area contributed by atoms with E-state index >= 15 is 0 Å². The van der Waals surface area contributed by atoms with Gasteiger partial charge in [0.25, 0.3) is 0 Å². The van der Waals surface area contributed by atoms with Crippen LogP contribution in [0.15, 0.2) is 10.2 Å². The summed E-state index contributed by atoms with van der Waals surface area (Å²) in [6.07, 6.45) is 4.51. The van der Waals surface area contributed by atoms with Crippen molar-refractivity contribution in [2.75, 3.05) is 7.11 Å². The van der Waals surface area contributed by atoms with E-state index in [0.29, 0.717) is 13.2 Å². The summed E-state index contributed by atoms with van der Waals surface area (Å²) in [7, 11) is 1.67. The Labute approximate surface area is 132 Å². The highest BCUT2D eigenvalue weighted by molar-refractivity contribution is 7.09. The van der Waals surface area contributed by atoms with Crippen LogP contribution in [0.3, 0.4) is 0 Å². The Balaban J connectivity index is 1.82. The lowest BCUT2D eigenvalue weighted by atomic mass is 9.89. The molecule has 1 aliphatic rings. The molecule has 114 valence electrons. The molecule has 2 heterocycles. The first-order chi connectivity index (χ1) is 10.2. The van der Waals surface area contributed by atoms with Crippen molar-refractivity contribution >= 4 is 22.7 Å². The predicted octanol–water partition coefficient (Wildman–Crippen LogP) is 3.08. The minimum absolute atomic E-state index is 0.165. The van der Waals surface area contributed by atoms with E-state index in [-0.39, 0.29) is 4.87 Å². The molecule has 1 atom stereocenters. The normalized spacial score (nSPS) is 17.9. The lowest BCUT2D eigenvalue weighted by Gasteiger charge is -2.21. The van der Waals surface area contributed by atoms with Gasteiger partial charge < -0.3 is 4.74 Å². The van der Waals surface area contributed by atoms with E-state index in [4.69, 9.17) is 4.74 Å². The summed E-state index contributed by atoms with van der Waals surface area (Å²) in [6, 6.07) is 0. The Morgan fingerprint density at radius 3 is 3.14 bits per heavy atom. The van der Waals surface area contributed by atoms with Crippen molar-refractivity contribution in [1.82, 2.24) is 9.55 Å². The molecular weight excluding hydrogens is 304 g/mol. The second kappa shape index (κ2) is 6.42. The molecule has 0 bridgehead atoms. The molecule has 0 fully saturated rings. The Morgan fingerprint density at radius 2 is 2.38 bits per heavy atom. The fourth-order valence-corrected chi connectivity index (χ4v) is 4.80. The van der Waals surface area contributed by atoms with Gasteiger partial charge in [0.05, 0.1) is 18.8 Å². The molecule has 0 aromatic carbocycles. The number of methoxy groups -OCH3 is 1. The van der Waals surface area contributed by atoms with Crippen molar-refractivity contribution in [2.24, 2.45) is 5.92 Å². The first kappa shape index (κ1) is 14.9. The second-order valence-electron chi connectivity index (χ2n) is 5.51. The number of fused-ring (bicyclic) bond motifs is 1. The SMILES string of the molecule is CCC1CCc2c(sc(=O)n2Cc2csc(COC)n2)C1. The van der Waals surface area contributed by atoms with Crippen molar-refractivity contribution in [3.05, 3.63) is 36.3 Å². The zero-order valence-electron chi connectivity index (χ0n) is 12.4. The van der Waals surface area contributed by atoms with Crippen molar-refractivity contribution in [1.29, 1.82) is 0 Å². The monoisotopic (exact) mass is 324 g/mol. The fraction of sp³-hybridized carbons (Fsp3) is 0.600. The van der Waals surface area contributed by atoms with Gasteiger partial charge >= 0.3 is 4.87 Å². The highest BCUT2D eigenvalue weighted by atomic mass is 32.1. The van der Waals surface area contributed by atoms with Gasteiger partial charge in [-0.1, -0.05) is 24.7 Å². The average molecular weight is 324 g/mol. The molecule has 1 unspecified atom stereocenters. The van der Waals surface area contributed by atoms with Crippen molar-refractivity contribution in [3.63, 3.8) is 0 Å². The zero-order valence-corrected chi connectivity index (χ0v) is 14.1. The maximum Gasteiger partial charge on any atom is 0.307 e. The maximum atomic E-state index is 12.3. The lowest BCUT2D eigenvalue weighted by molar-refractivity contribution is 0.184. The van der Waals surface area contributed by atoms with E-state index in [1.807, 2.05) is 9.95 Å². The van der Waals surface area contributed by atoms with E-state index in [1.165, 1.54) is 34.7 Å². The first-order valence-corrected chi connectivity index (χ1v) is 9.04. The maximum absolute atomic E-state index is 12.3. The second-order valence-corrected chi connectivity index (χ2v) is 7.50. The van der Waals surface area contributed by atoms with Gasteiger partial charge in [-0.15, -0.1) is 11.3 Å². The van der Waals surface area contributed by atoms with Crippen molar-refractivity contribution in [2.45, 2.75) is 45.8 Å². The summed E-state index contributed by atoms with van der Waals surface area (Å²) in [5.74, 6) is 0.747. The Morgan fingerprint density at radius 1 is 1.52 bits per heavy atom. The van der Waals surface area contributed by atoms with E-state index < -0.39 is 0 Å². The van der Waals surface area contributed by atoms with Gasteiger partial charge in [-0.3, -0.25) is 9.36 Å². The van der Waals surface area contributed by atoms with Crippen LogP contribution in [0.2, 0.25) is 0 Å². The molecule has 6 heteroatoms. The smallest absolute Gasteiger partial charge is 0.307 e.